The Morgan fingerprint density at radius 2 is 2.31 bits per heavy atom. The molecule has 84 valence electrons. The summed E-state index contributed by atoms with van der Waals surface area (Å²) >= 11 is 0. The molecule has 0 saturated carbocycles. The fraction of sp³-hybridized carbons (Fsp3) is 0.333. The van der Waals surface area contributed by atoms with Gasteiger partial charge >= 0.3 is 5.97 Å². The van der Waals surface area contributed by atoms with Gasteiger partial charge in [-0.25, -0.2) is 4.98 Å². The Hall–Kier alpha value is -1.84. The predicted octanol–water partition coefficient (Wildman–Crippen LogP) is 2.31. The van der Waals surface area contributed by atoms with E-state index >= 15 is 0 Å². The fourth-order valence-corrected chi connectivity index (χ4v) is 1.66. The molecule has 1 heterocycles. The molecule has 0 saturated heterocycles. The van der Waals surface area contributed by atoms with E-state index in [9.17, 15) is 4.79 Å². The van der Waals surface area contributed by atoms with Crippen LogP contribution in [-0.2, 0) is 11.2 Å². The number of aliphatic carboxylic acids is 1. The third-order valence-electron chi connectivity index (χ3n) is 2.76. The third-order valence-corrected chi connectivity index (χ3v) is 2.76. The predicted molar refractivity (Wildman–Crippen MR) is 61.5 cm³/mol. The van der Waals surface area contributed by atoms with Crippen LogP contribution < -0.4 is 0 Å². The zero-order valence-corrected chi connectivity index (χ0v) is 9.32. The first-order valence-electron chi connectivity index (χ1n) is 5.33. The number of imidazole rings is 1. The molecule has 0 aliphatic carbocycles. The number of aromatic amines is 1. The average Bonchev–Trinajstić information content (AvgIpc) is 2.69. The molecule has 1 atom stereocenters. The Morgan fingerprint density at radius 3 is 2.94 bits per heavy atom. The molecule has 0 aliphatic heterocycles. The highest BCUT2D eigenvalue weighted by molar-refractivity contribution is 5.80. The van der Waals surface area contributed by atoms with E-state index in [-0.39, 0.29) is 0 Å². The molecule has 0 aliphatic rings. The summed E-state index contributed by atoms with van der Waals surface area (Å²) in [6, 6.07) is 5.54. The molecular formula is C12H14N2O2. The van der Waals surface area contributed by atoms with E-state index < -0.39 is 11.9 Å². The fourth-order valence-electron chi connectivity index (χ4n) is 1.66. The number of aromatic nitrogens is 2. The first kappa shape index (κ1) is 10.7. The maximum Gasteiger partial charge on any atom is 0.310 e. The maximum absolute atomic E-state index is 10.9. The number of nitrogens with one attached hydrogen (secondary N) is 1. The highest BCUT2D eigenvalue weighted by Gasteiger charge is 2.14. The number of carbonyl (C=O) groups is 1. The van der Waals surface area contributed by atoms with Gasteiger partial charge in [-0.05, 0) is 24.6 Å². The standard InChI is InChI=1S/C12H14N2O2/c1-3-11-13-9-5-4-8(6-10(9)14-11)7(2)12(15)16/h4-7H,3H2,1-2H3,(H,13,14)(H,15,16). The molecule has 0 fully saturated rings. The number of rotatable bonds is 3. The largest absolute Gasteiger partial charge is 0.481 e. The first-order valence-corrected chi connectivity index (χ1v) is 5.33. The number of carboxylic acid groups (broad SMARTS) is 1. The quantitative estimate of drug-likeness (QED) is 0.830. The molecular weight excluding hydrogens is 204 g/mol. The van der Waals surface area contributed by atoms with Crippen LogP contribution in [0.3, 0.4) is 0 Å². The van der Waals surface area contributed by atoms with Crippen molar-refractivity contribution in [2.45, 2.75) is 26.2 Å². The van der Waals surface area contributed by atoms with Crippen molar-refractivity contribution < 1.29 is 9.90 Å². The Kier molecular flexibility index (Phi) is 2.64. The normalized spacial score (nSPS) is 12.9. The molecule has 1 unspecified atom stereocenters. The third kappa shape index (κ3) is 1.78. The Bertz CT molecular complexity index is 531. The van der Waals surface area contributed by atoms with Crippen LogP contribution in [0.5, 0.6) is 0 Å². The summed E-state index contributed by atoms with van der Waals surface area (Å²) in [5, 5.41) is 8.93. The second-order valence-corrected chi connectivity index (χ2v) is 3.87. The van der Waals surface area contributed by atoms with Crippen molar-refractivity contribution in [3.8, 4) is 0 Å². The number of H-pyrrole nitrogens is 1. The number of carboxylic acids is 1. The van der Waals surface area contributed by atoms with E-state index in [0.29, 0.717) is 0 Å². The maximum atomic E-state index is 10.9. The number of hydrogen-bond donors (Lipinski definition) is 2. The topological polar surface area (TPSA) is 66.0 Å². The molecule has 16 heavy (non-hydrogen) atoms. The van der Waals surface area contributed by atoms with Crippen LogP contribution in [0.15, 0.2) is 18.2 Å². The van der Waals surface area contributed by atoms with Gasteiger partial charge in [-0.1, -0.05) is 13.0 Å². The molecule has 2 rings (SSSR count). The summed E-state index contributed by atoms with van der Waals surface area (Å²) in [5.41, 5.74) is 2.59. The van der Waals surface area contributed by atoms with Gasteiger partial charge in [0, 0.05) is 6.42 Å². The van der Waals surface area contributed by atoms with Crippen LogP contribution in [0.1, 0.15) is 31.2 Å². The number of hydrogen-bond acceptors (Lipinski definition) is 2. The van der Waals surface area contributed by atoms with E-state index in [1.165, 1.54) is 0 Å². The van der Waals surface area contributed by atoms with Crippen molar-refractivity contribution in [1.29, 1.82) is 0 Å². The van der Waals surface area contributed by atoms with Crippen molar-refractivity contribution in [2.75, 3.05) is 0 Å². The molecule has 0 amide bonds. The summed E-state index contributed by atoms with van der Waals surface area (Å²) in [5.74, 6) is -0.373. The molecule has 4 nitrogen and oxygen atoms in total. The van der Waals surface area contributed by atoms with E-state index in [1.54, 1.807) is 6.92 Å². The summed E-state index contributed by atoms with van der Waals surface area (Å²) in [4.78, 5) is 18.4. The minimum Gasteiger partial charge on any atom is -0.481 e. The Labute approximate surface area is 93.3 Å². The lowest BCUT2D eigenvalue weighted by molar-refractivity contribution is -0.138. The van der Waals surface area contributed by atoms with Gasteiger partial charge in [0.1, 0.15) is 5.82 Å². The zero-order valence-electron chi connectivity index (χ0n) is 9.32. The van der Waals surface area contributed by atoms with Crippen LogP contribution in [0.4, 0.5) is 0 Å². The van der Waals surface area contributed by atoms with E-state index in [4.69, 9.17) is 5.11 Å². The van der Waals surface area contributed by atoms with Crippen LogP contribution >= 0.6 is 0 Å². The molecule has 0 radical (unpaired) electrons. The summed E-state index contributed by atoms with van der Waals surface area (Å²) in [7, 11) is 0. The number of benzene rings is 1. The van der Waals surface area contributed by atoms with Crippen molar-refractivity contribution in [3.05, 3.63) is 29.6 Å². The Morgan fingerprint density at radius 1 is 1.56 bits per heavy atom. The molecule has 1 aromatic heterocycles. The second-order valence-electron chi connectivity index (χ2n) is 3.87. The lowest BCUT2D eigenvalue weighted by Gasteiger charge is -2.05. The van der Waals surface area contributed by atoms with E-state index in [2.05, 4.69) is 9.97 Å². The van der Waals surface area contributed by atoms with Gasteiger partial charge in [-0.2, -0.15) is 0 Å². The minimum atomic E-state index is -0.811. The smallest absolute Gasteiger partial charge is 0.310 e. The SMILES string of the molecule is CCc1nc2ccc(C(C)C(=O)O)cc2[nH]1. The number of nitrogens with zero attached hydrogens (tertiary/aromatic N) is 1. The molecule has 0 spiro atoms. The highest BCUT2D eigenvalue weighted by atomic mass is 16.4. The molecule has 2 aromatic rings. The number of aryl methyl sites for hydroxylation is 1. The summed E-state index contributed by atoms with van der Waals surface area (Å²) < 4.78 is 0. The first-order chi connectivity index (χ1) is 7.61. The lowest BCUT2D eigenvalue weighted by atomic mass is 10.0. The van der Waals surface area contributed by atoms with Crippen LogP contribution in [0.25, 0.3) is 11.0 Å². The van der Waals surface area contributed by atoms with Crippen molar-refractivity contribution in [3.63, 3.8) is 0 Å². The van der Waals surface area contributed by atoms with Gasteiger partial charge in [0.05, 0.1) is 17.0 Å². The van der Waals surface area contributed by atoms with E-state index in [1.807, 2.05) is 25.1 Å². The van der Waals surface area contributed by atoms with Gasteiger partial charge in [0.15, 0.2) is 0 Å². The highest BCUT2D eigenvalue weighted by Crippen LogP contribution is 2.20. The lowest BCUT2D eigenvalue weighted by Crippen LogP contribution is -2.06. The summed E-state index contributed by atoms with van der Waals surface area (Å²) in [6.07, 6.45) is 0.846. The monoisotopic (exact) mass is 218 g/mol. The van der Waals surface area contributed by atoms with Gasteiger partial charge < -0.3 is 10.1 Å². The minimum absolute atomic E-state index is 0.488. The molecule has 1 aromatic carbocycles. The average molecular weight is 218 g/mol. The van der Waals surface area contributed by atoms with E-state index in [0.717, 1.165) is 28.8 Å². The van der Waals surface area contributed by atoms with Gasteiger partial charge in [0.25, 0.3) is 0 Å². The molecule has 2 N–H and O–H groups in total. The Balaban J connectivity index is 2.46. The van der Waals surface area contributed by atoms with Crippen LogP contribution in [0.2, 0.25) is 0 Å². The van der Waals surface area contributed by atoms with Crippen LogP contribution in [0, 0.1) is 0 Å². The van der Waals surface area contributed by atoms with Crippen molar-refractivity contribution in [1.82, 2.24) is 9.97 Å². The molecule has 0 bridgehead atoms. The van der Waals surface area contributed by atoms with Crippen molar-refractivity contribution in [2.24, 2.45) is 0 Å². The zero-order chi connectivity index (χ0) is 11.7. The van der Waals surface area contributed by atoms with Gasteiger partial charge in [-0.15, -0.1) is 0 Å². The van der Waals surface area contributed by atoms with Gasteiger partial charge in [0.2, 0.25) is 0 Å². The molecule has 4 heteroatoms. The van der Waals surface area contributed by atoms with Crippen molar-refractivity contribution >= 4 is 17.0 Å². The second kappa shape index (κ2) is 3.96. The van der Waals surface area contributed by atoms with Gasteiger partial charge in [-0.3, -0.25) is 4.79 Å². The van der Waals surface area contributed by atoms with Crippen LogP contribution in [-0.4, -0.2) is 21.0 Å². The number of fused-ring (bicyclic) bond motifs is 1. The summed E-state index contributed by atoms with van der Waals surface area (Å²) in [6.45, 7) is 3.71.